The van der Waals surface area contributed by atoms with Gasteiger partial charge in [-0.1, -0.05) is 45.9 Å². The normalized spacial score (nSPS) is 16.3. The fourth-order valence-corrected chi connectivity index (χ4v) is 6.57. The first-order chi connectivity index (χ1) is 29.6. The molecular weight excluding hydrogens is 808 g/mol. The van der Waals surface area contributed by atoms with Crippen molar-refractivity contribution in [1.82, 2.24) is 15.3 Å². The maximum Gasteiger partial charge on any atom is 0.360 e. The van der Waals surface area contributed by atoms with E-state index in [2.05, 4.69) is 20.0 Å². The number of aliphatic hydroxyl groups is 1. The van der Waals surface area contributed by atoms with E-state index in [4.69, 9.17) is 33.5 Å². The van der Waals surface area contributed by atoms with Crippen LogP contribution in [0.5, 0.6) is 0 Å². The zero-order chi connectivity index (χ0) is 46.2. The molecule has 9 atom stereocenters. The molecule has 0 bridgehead atoms. The molecule has 2 rings (SSSR count). The van der Waals surface area contributed by atoms with Crippen LogP contribution < -0.4 is 11.1 Å². The highest BCUT2D eigenvalue weighted by atomic mass is 16.5. The first kappa shape index (κ1) is 52.8. The topological polar surface area (TPSA) is 259 Å². The van der Waals surface area contributed by atoms with E-state index < -0.39 is 54.0 Å². The van der Waals surface area contributed by atoms with Crippen LogP contribution in [0.3, 0.4) is 0 Å². The average Bonchev–Trinajstić information content (AvgIpc) is 3.94. The minimum atomic E-state index is -1.16. The Balaban J connectivity index is 2.12. The van der Waals surface area contributed by atoms with Gasteiger partial charge in [-0.15, -0.1) is 0 Å². The van der Waals surface area contributed by atoms with Gasteiger partial charge in [0, 0.05) is 40.1 Å². The third-order valence-corrected chi connectivity index (χ3v) is 10.6. The molecule has 9 unspecified atom stereocenters. The van der Waals surface area contributed by atoms with Crippen molar-refractivity contribution < 1.29 is 66.4 Å². The third-order valence-electron chi connectivity index (χ3n) is 10.6. The summed E-state index contributed by atoms with van der Waals surface area (Å²) < 4.78 is 38.0. The van der Waals surface area contributed by atoms with E-state index in [0.29, 0.717) is 32.1 Å². The maximum atomic E-state index is 13.3. The average molecular weight is 873 g/mol. The van der Waals surface area contributed by atoms with Crippen molar-refractivity contribution in [2.24, 2.45) is 29.4 Å². The number of aliphatic hydroxyl groups excluding tert-OH is 1. The van der Waals surface area contributed by atoms with E-state index in [0.717, 1.165) is 12.5 Å². The number of nitrogens with one attached hydrogen (secondary N) is 1. The molecule has 2 aromatic heterocycles. The molecule has 18 heteroatoms. The van der Waals surface area contributed by atoms with E-state index >= 15 is 0 Å². The van der Waals surface area contributed by atoms with Gasteiger partial charge in [-0.25, -0.2) is 14.8 Å². The van der Waals surface area contributed by atoms with Crippen LogP contribution in [-0.4, -0.2) is 116 Å². The second kappa shape index (κ2) is 28.3. The standard InChI is InChI=1S/C44H64N4O14/c1-27(13-9-10-17-39-47-32(25-60-39)43-48-33(26-61-43)44(55)59-8)38(62-40(53)23-31(50)14-11-15-34(51)30(4)41(58-7)42(45)54)24-37(57-6)28(2)18-19-35(52)29(3)36(56-5)16-12-20-46-21-22-49/h10-12,15,17,20,22,25-31,36-38,41,46,50H,9,13-14,16,18-19,21,23-24H2,1-8H3,(H2,45,54). The number of carbonyl (C=O) groups excluding carboxylic acids is 6. The minimum Gasteiger partial charge on any atom is -0.464 e. The first-order valence-corrected chi connectivity index (χ1v) is 20.6. The lowest BCUT2D eigenvalue weighted by molar-refractivity contribution is -0.156. The molecule has 2 aromatic rings. The molecule has 0 saturated heterocycles. The minimum absolute atomic E-state index is 0.00551. The van der Waals surface area contributed by atoms with Gasteiger partial charge in [0.05, 0.1) is 44.3 Å². The third kappa shape index (κ3) is 18.0. The van der Waals surface area contributed by atoms with Crippen LogP contribution in [0.4, 0.5) is 0 Å². The summed E-state index contributed by atoms with van der Waals surface area (Å²) in [6, 6.07) is 0. The highest BCUT2D eigenvalue weighted by Gasteiger charge is 2.31. The summed E-state index contributed by atoms with van der Waals surface area (Å²) in [5.41, 5.74) is 5.59. The summed E-state index contributed by atoms with van der Waals surface area (Å²) >= 11 is 0. The summed E-state index contributed by atoms with van der Waals surface area (Å²) in [4.78, 5) is 81.3. The number of methoxy groups -OCH3 is 4. The Morgan fingerprint density at radius 1 is 0.855 bits per heavy atom. The zero-order valence-corrected chi connectivity index (χ0v) is 37.0. The van der Waals surface area contributed by atoms with Crippen LogP contribution in [0.25, 0.3) is 17.7 Å². The lowest BCUT2D eigenvalue weighted by atomic mass is 9.86. The number of hydrogen-bond donors (Lipinski definition) is 3. The van der Waals surface area contributed by atoms with Gasteiger partial charge < -0.3 is 53.5 Å². The zero-order valence-electron chi connectivity index (χ0n) is 37.0. The molecule has 0 aliphatic rings. The maximum absolute atomic E-state index is 13.3. The van der Waals surface area contributed by atoms with Crippen LogP contribution in [0, 0.1) is 23.7 Å². The van der Waals surface area contributed by atoms with Gasteiger partial charge in [0.25, 0.3) is 0 Å². The van der Waals surface area contributed by atoms with Crippen molar-refractivity contribution in [3.8, 4) is 11.6 Å². The number of nitrogens with zero attached hydrogens (tertiary/aromatic N) is 2. The van der Waals surface area contributed by atoms with Gasteiger partial charge in [0.15, 0.2) is 17.2 Å². The van der Waals surface area contributed by atoms with Gasteiger partial charge in [-0.05, 0) is 62.3 Å². The number of oxazole rings is 2. The number of ketones is 2. The molecule has 0 aliphatic heterocycles. The Morgan fingerprint density at radius 2 is 1.56 bits per heavy atom. The smallest absolute Gasteiger partial charge is 0.360 e. The van der Waals surface area contributed by atoms with Gasteiger partial charge in [-0.2, -0.15) is 0 Å². The number of aromatic nitrogens is 2. The number of carbonyl (C=O) groups is 6. The SMILES string of the molecule is COC(=O)c1coc(-c2coc(C=CCCC(C)C(CC(OC)C(C)CCC(=O)C(C)C(CC=CNCC=O)OC)OC(=O)CC(O)CC=CC(=O)C(C)C(OC)C(N)=O)n2)n1. The molecule has 0 radical (unpaired) electrons. The summed E-state index contributed by atoms with van der Waals surface area (Å²) in [6.45, 7) is 7.45. The molecule has 2 heterocycles. The van der Waals surface area contributed by atoms with Gasteiger partial charge in [0.1, 0.15) is 36.8 Å². The largest absolute Gasteiger partial charge is 0.464 e. The van der Waals surface area contributed by atoms with Crippen molar-refractivity contribution in [2.45, 2.75) is 110 Å². The molecule has 4 N–H and O–H groups in total. The molecule has 0 spiro atoms. The number of nitrogens with two attached hydrogens (primary N) is 1. The molecular formula is C44H64N4O14. The number of ether oxygens (including phenoxy) is 5. The van der Waals surface area contributed by atoms with E-state index in [9.17, 15) is 33.9 Å². The van der Waals surface area contributed by atoms with Crippen molar-refractivity contribution in [3.63, 3.8) is 0 Å². The number of aldehydes is 1. The lowest BCUT2D eigenvalue weighted by Gasteiger charge is -2.31. The summed E-state index contributed by atoms with van der Waals surface area (Å²) in [6.07, 6.45) is 11.6. The van der Waals surface area contributed by atoms with Crippen molar-refractivity contribution in [3.05, 3.63) is 54.6 Å². The Bertz CT molecular complexity index is 1800. The Labute approximate surface area is 363 Å². The second-order valence-corrected chi connectivity index (χ2v) is 15.1. The predicted octanol–water partition coefficient (Wildman–Crippen LogP) is 4.59. The number of amides is 1. The fourth-order valence-electron chi connectivity index (χ4n) is 6.57. The van der Waals surface area contributed by atoms with Crippen LogP contribution in [0.2, 0.25) is 0 Å². The molecule has 1 amide bonds. The van der Waals surface area contributed by atoms with Crippen LogP contribution >= 0.6 is 0 Å². The monoisotopic (exact) mass is 872 g/mol. The molecule has 62 heavy (non-hydrogen) atoms. The molecule has 18 nitrogen and oxygen atoms in total. The number of allylic oxidation sites excluding steroid dienone is 2. The molecule has 0 saturated carbocycles. The second-order valence-electron chi connectivity index (χ2n) is 15.1. The Hall–Kier alpha value is -5.30. The fraction of sp³-hybridized carbons (Fsp3) is 0.591. The summed E-state index contributed by atoms with van der Waals surface area (Å²) in [5.74, 6) is -3.61. The number of esters is 2. The van der Waals surface area contributed by atoms with Gasteiger partial charge >= 0.3 is 11.9 Å². The number of hydrogen-bond acceptors (Lipinski definition) is 17. The quantitative estimate of drug-likeness (QED) is 0.0393. The van der Waals surface area contributed by atoms with E-state index in [-0.39, 0.29) is 78.6 Å². The number of rotatable bonds is 32. The number of primary amides is 1. The summed E-state index contributed by atoms with van der Waals surface area (Å²) in [5, 5.41) is 13.5. The molecule has 0 fully saturated rings. The van der Waals surface area contributed by atoms with Crippen LogP contribution in [0.1, 0.15) is 95.4 Å². The Kier molecular flexibility index (Phi) is 24.1. The summed E-state index contributed by atoms with van der Waals surface area (Å²) in [7, 11) is 5.64. The van der Waals surface area contributed by atoms with Gasteiger partial charge in [-0.3, -0.25) is 19.2 Å². The molecule has 344 valence electrons. The van der Waals surface area contributed by atoms with E-state index in [1.54, 1.807) is 26.5 Å². The van der Waals surface area contributed by atoms with Crippen LogP contribution in [-0.2, 0) is 47.7 Å². The van der Waals surface area contributed by atoms with Crippen molar-refractivity contribution in [1.29, 1.82) is 0 Å². The van der Waals surface area contributed by atoms with Crippen LogP contribution in [0.15, 0.2) is 51.9 Å². The highest BCUT2D eigenvalue weighted by Crippen LogP contribution is 2.27. The van der Waals surface area contributed by atoms with Crippen molar-refractivity contribution >= 4 is 41.8 Å². The van der Waals surface area contributed by atoms with E-state index in [1.165, 1.54) is 39.6 Å². The predicted molar refractivity (Wildman–Crippen MR) is 226 cm³/mol. The van der Waals surface area contributed by atoms with Gasteiger partial charge in [0.2, 0.25) is 17.7 Å². The number of Topliss-reactive ketones (excluding diaryl/α,β-unsaturated/α-hetero) is 1. The first-order valence-electron chi connectivity index (χ1n) is 20.6. The van der Waals surface area contributed by atoms with Crippen molar-refractivity contribution in [2.75, 3.05) is 35.0 Å². The highest BCUT2D eigenvalue weighted by molar-refractivity contribution is 5.96. The molecule has 0 aromatic carbocycles. The van der Waals surface area contributed by atoms with E-state index in [1.807, 2.05) is 32.9 Å². The molecule has 0 aliphatic carbocycles. The lowest BCUT2D eigenvalue weighted by Crippen LogP contribution is -2.38. The Morgan fingerprint density at radius 3 is 2.21 bits per heavy atom.